The van der Waals surface area contributed by atoms with Crippen LogP contribution in [0.5, 0.6) is 0 Å². The number of fused-ring (bicyclic) bond motifs is 4. The van der Waals surface area contributed by atoms with Gasteiger partial charge in [-0.05, 0) is 38.1 Å². The van der Waals surface area contributed by atoms with Crippen LogP contribution < -0.4 is 10.6 Å². The molecule has 2 nitrogen and oxygen atoms in total. The summed E-state index contributed by atoms with van der Waals surface area (Å²) in [5.41, 5.74) is 0. The number of aromatic nitrogens is 2. The van der Waals surface area contributed by atoms with Gasteiger partial charge < -0.3 is 0 Å². The molecular weight excluding hydrogens is 497 g/mol. The van der Waals surface area contributed by atoms with Crippen LogP contribution in [0.25, 0.3) is 29.0 Å². The average Bonchev–Trinajstić information content (AvgIpc) is 3.56. The second kappa shape index (κ2) is 10.0. The molecule has 1 aliphatic heterocycles. The van der Waals surface area contributed by atoms with E-state index in [4.69, 9.17) is 9.97 Å². The topological polar surface area (TPSA) is 25.8 Å². The summed E-state index contributed by atoms with van der Waals surface area (Å²) >= 11 is 7.71. The molecule has 0 bridgehead atoms. The minimum atomic E-state index is -1.89. The van der Waals surface area contributed by atoms with Crippen LogP contribution >= 0.6 is 45.3 Å². The molecule has 0 atom stereocenters. The SMILES string of the molecule is CCCCCC[Si]1(CCCCCC)c2nc(C)sc2-c2sc(-c3cc4sc(C)cc4s3)nc21. The van der Waals surface area contributed by atoms with Crippen LogP contribution in [-0.4, -0.2) is 18.0 Å². The molecule has 0 spiro atoms. The van der Waals surface area contributed by atoms with Gasteiger partial charge in [0.2, 0.25) is 0 Å². The zero-order valence-electron chi connectivity index (χ0n) is 20.3. The van der Waals surface area contributed by atoms with Crippen molar-refractivity contribution in [2.75, 3.05) is 0 Å². The second-order valence-electron chi connectivity index (χ2n) is 9.51. The van der Waals surface area contributed by atoms with Crippen molar-refractivity contribution in [1.29, 1.82) is 0 Å². The van der Waals surface area contributed by atoms with Gasteiger partial charge in [-0.1, -0.05) is 65.2 Å². The zero-order valence-corrected chi connectivity index (χ0v) is 24.5. The van der Waals surface area contributed by atoms with Crippen LogP contribution in [0, 0.1) is 13.8 Å². The first kappa shape index (κ1) is 23.9. The standard InChI is InChI=1S/C26H34N2S4Si/c1-5-7-9-11-13-33(14-12-10-8-6-2)25-22(30-18(4)27-25)23-26(33)28-24(32-23)21-16-20-19(31-21)15-17(3)29-20/h15-16H,5-14H2,1-4H3. The van der Waals surface area contributed by atoms with Gasteiger partial charge in [-0.2, -0.15) is 0 Å². The Morgan fingerprint density at radius 1 is 0.697 bits per heavy atom. The first-order valence-corrected chi connectivity index (χ1v) is 18.2. The zero-order chi connectivity index (χ0) is 23.0. The van der Waals surface area contributed by atoms with Gasteiger partial charge in [0.15, 0.2) is 8.07 Å². The lowest BCUT2D eigenvalue weighted by atomic mass is 10.2. The minimum absolute atomic E-state index is 1.24. The fourth-order valence-corrected chi connectivity index (χ4v) is 16.4. The van der Waals surface area contributed by atoms with Gasteiger partial charge in [0.1, 0.15) is 5.01 Å². The molecule has 7 heteroatoms. The third-order valence-corrected chi connectivity index (χ3v) is 16.8. The monoisotopic (exact) mass is 530 g/mol. The molecule has 0 fully saturated rings. The second-order valence-corrected chi connectivity index (χ2v) is 18.2. The Hall–Kier alpha value is -0.863. The Morgan fingerprint density at radius 3 is 2.00 bits per heavy atom. The van der Waals surface area contributed by atoms with Gasteiger partial charge in [-0.25, -0.2) is 4.98 Å². The Kier molecular flexibility index (Phi) is 7.24. The Labute approximate surface area is 215 Å². The van der Waals surface area contributed by atoms with Crippen molar-refractivity contribution in [1.82, 2.24) is 9.97 Å². The van der Waals surface area contributed by atoms with E-state index in [9.17, 15) is 0 Å². The van der Waals surface area contributed by atoms with E-state index < -0.39 is 8.07 Å². The number of unbranched alkanes of at least 4 members (excludes halogenated alkanes) is 6. The fraction of sp³-hybridized carbons (Fsp3) is 0.538. The van der Waals surface area contributed by atoms with Crippen LogP contribution in [-0.2, 0) is 0 Å². The third-order valence-electron chi connectivity index (χ3n) is 6.93. The smallest absolute Gasteiger partial charge is 0.168 e. The highest BCUT2D eigenvalue weighted by atomic mass is 32.1. The van der Waals surface area contributed by atoms with Crippen LogP contribution in [0.1, 0.15) is 75.1 Å². The minimum Gasteiger partial charge on any atom is -0.250 e. The molecule has 1 aliphatic rings. The molecule has 4 aromatic rings. The van der Waals surface area contributed by atoms with Gasteiger partial charge in [-0.3, -0.25) is 4.98 Å². The highest BCUT2D eigenvalue weighted by molar-refractivity contribution is 7.33. The van der Waals surface area contributed by atoms with Crippen LogP contribution in [0.2, 0.25) is 12.1 Å². The van der Waals surface area contributed by atoms with Gasteiger partial charge in [0.05, 0.1) is 30.3 Å². The molecule has 176 valence electrons. The predicted molar refractivity (Wildman–Crippen MR) is 154 cm³/mol. The van der Waals surface area contributed by atoms with E-state index in [2.05, 4.69) is 39.8 Å². The maximum absolute atomic E-state index is 5.49. The normalized spacial score (nSPS) is 14.3. The summed E-state index contributed by atoms with van der Waals surface area (Å²) in [6, 6.07) is 7.39. The van der Waals surface area contributed by atoms with Gasteiger partial charge in [0.25, 0.3) is 0 Å². The Bertz CT molecular complexity index is 1200. The summed E-state index contributed by atoms with van der Waals surface area (Å²) in [4.78, 5) is 16.4. The number of nitrogens with zero attached hydrogens (tertiary/aromatic N) is 2. The average molecular weight is 531 g/mol. The molecule has 4 aromatic heterocycles. The van der Waals surface area contributed by atoms with E-state index in [1.54, 1.807) is 0 Å². The van der Waals surface area contributed by atoms with Gasteiger partial charge >= 0.3 is 0 Å². The fourth-order valence-electron chi connectivity index (χ4n) is 5.29. The van der Waals surface area contributed by atoms with E-state index in [1.165, 1.54) is 113 Å². The van der Waals surface area contributed by atoms with Crippen LogP contribution in [0.4, 0.5) is 0 Å². The maximum Gasteiger partial charge on any atom is 0.168 e. The summed E-state index contributed by atoms with van der Waals surface area (Å²) in [5, 5.41) is 5.49. The van der Waals surface area contributed by atoms with Crippen molar-refractivity contribution in [3.63, 3.8) is 0 Å². The number of thiophene rings is 2. The molecule has 5 rings (SSSR count). The molecule has 0 aromatic carbocycles. The largest absolute Gasteiger partial charge is 0.250 e. The summed E-state index contributed by atoms with van der Waals surface area (Å²) in [7, 11) is -1.89. The molecule has 33 heavy (non-hydrogen) atoms. The molecule has 0 unspecified atom stereocenters. The highest BCUT2D eigenvalue weighted by Gasteiger charge is 2.50. The van der Waals surface area contributed by atoms with E-state index in [0.717, 1.165) is 0 Å². The van der Waals surface area contributed by atoms with Crippen molar-refractivity contribution in [2.45, 2.75) is 91.1 Å². The Morgan fingerprint density at radius 2 is 1.33 bits per heavy atom. The summed E-state index contributed by atoms with van der Waals surface area (Å²) in [6.07, 6.45) is 10.7. The summed E-state index contributed by atoms with van der Waals surface area (Å²) in [5.74, 6) is 0. The molecule has 0 N–H and O–H groups in total. The molecule has 0 saturated heterocycles. The van der Waals surface area contributed by atoms with Crippen molar-refractivity contribution < 1.29 is 0 Å². The van der Waals surface area contributed by atoms with Gasteiger partial charge in [-0.15, -0.1) is 45.3 Å². The van der Waals surface area contributed by atoms with Crippen molar-refractivity contribution in [2.24, 2.45) is 0 Å². The molecule has 0 radical (unpaired) electrons. The molecule has 0 amide bonds. The van der Waals surface area contributed by atoms with Crippen molar-refractivity contribution in [3.05, 3.63) is 22.0 Å². The quantitative estimate of drug-likeness (QED) is 0.143. The van der Waals surface area contributed by atoms with Gasteiger partial charge in [0, 0.05) is 14.3 Å². The lowest BCUT2D eigenvalue weighted by Crippen LogP contribution is -2.56. The Balaban J connectivity index is 1.55. The first-order chi connectivity index (χ1) is 16.1. The lowest BCUT2D eigenvalue weighted by molar-refractivity contribution is 0.684. The molecule has 5 heterocycles. The predicted octanol–water partition coefficient (Wildman–Crippen LogP) is 8.86. The van der Waals surface area contributed by atoms with E-state index >= 15 is 0 Å². The van der Waals surface area contributed by atoms with Crippen molar-refractivity contribution >= 4 is 73.5 Å². The molecule has 0 saturated carbocycles. The third kappa shape index (κ3) is 4.44. The number of thiazole rings is 2. The number of aryl methyl sites for hydroxylation is 2. The van der Waals surface area contributed by atoms with E-state index in [0.29, 0.717) is 0 Å². The van der Waals surface area contributed by atoms with Crippen molar-refractivity contribution in [3.8, 4) is 19.6 Å². The summed E-state index contributed by atoms with van der Waals surface area (Å²) in [6.45, 7) is 9.04. The molecular formula is C26H34N2S4Si. The highest BCUT2D eigenvalue weighted by Crippen LogP contribution is 2.45. The van der Waals surface area contributed by atoms with E-state index in [1.807, 2.05) is 45.3 Å². The lowest BCUT2D eigenvalue weighted by Gasteiger charge is -2.26. The number of hydrogen-bond acceptors (Lipinski definition) is 6. The van der Waals surface area contributed by atoms with Crippen LogP contribution in [0.3, 0.4) is 0 Å². The van der Waals surface area contributed by atoms with Crippen LogP contribution in [0.15, 0.2) is 12.1 Å². The first-order valence-electron chi connectivity index (χ1n) is 12.6. The number of hydrogen-bond donors (Lipinski definition) is 0. The number of rotatable bonds is 11. The van der Waals surface area contributed by atoms with E-state index in [-0.39, 0.29) is 0 Å². The summed E-state index contributed by atoms with van der Waals surface area (Å²) < 4.78 is 2.83. The maximum atomic E-state index is 5.49. The molecule has 0 aliphatic carbocycles.